The molecule has 0 aliphatic carbocycles. The first kappa shape index (κ1) is 9.11. The molecule has 12 heavy (non-hydrogen) atoms. The van der Waals surface area contributed by atoms with E-state index in [1.807, 2.05) is 0 Å². The quantitative estimate of drug-likeness (QED) is 0.648. The Balaban J connectivity index is 2.94. The Kier molecular flexibility index (Phi) is 2.74. The van der Waals surface area contributed by atoms with Crippen molar-refractivity contribution in [3.8, 4) is 0 Å². The number of hydrogen-bond donors (Lipinski definition) is 0. The Hall–Kier alpha value is -0.980. The molecule has 0 N–H and O–H groups in total. The molecule has 0 heterocycles. The van der Waals surface area contributed by atoms with Crippen molar-refractivity contribution in [2.24, 2.45) is 0 Å². The van der Waals surface area contributed by atoms with Gasteiger partial charge < -0.3 is 4.90 Å². The van der Waals surface area contributed by atoms with Crippen molar-refractivity contribution >= 4 is 5.69 Å². The second-order valence-electron chi connectivity index (χ2n) is 3.49. The lowest BCUT2D eigenvalue weighted by molar-refractivity contribution is 0.752. The lowest BCUT2D eigenvalue weighted by Crippen LogP contribution is -2.26. The predicted molar refractivity (Wildman–Crippen MR) is 54.7 cm³/mol. The van der Waals surface area contributed by atoms with Crippen LogP contribution in [0.25, 0.3) is 0 Å². The normalized spacial score (nSPS) is 10.4. The van der Waals surface area contributed by atoms with E-state index in [9.17, 15) is 0 Å². The third-order valence-electron chi connectivity index (χ3n) is 2.27. The van der Waals surface area contributed by atoms with Gasteiger partial charge in [-0.15, -0.1) is 0 Å². The van der Waals surface area contributed by atoms with E-state index in [-0.39, 0.29) is 0 Å². The molecule has 1 rings (SSSR count). The van der Waals surface area contributed by atoms with Crippen molar-refractivity contribution in [1.29, 1.82) is 0 Å². The van der Waals surface area contributed by atoms with Gasteiger partial charge in [-0.2, -0.15) is 0 Å². The first-order valence-electron chi connectivity index (χ1n) is 4.41. The van der Waals surface area contributed by atoms with Crippen LogP contribution < -0.4 is 4.90 Å². The van der Waals surface area contributed by atoms with Gasteiger partial charge in [0.15, 0.2) is 0 Å². The fraction of sp³-hybridized carbons (Fsp3) is 0.455. The molecule has 0 radical (unpaired) electrons. The van der Waals surface area contributed by atoms with Gasteiger partial charge in [0, 0.05) is 18.8 Å². The van der Waals surface area contributed by atoms with Gasteiger partial charge in [0.25, 0.3) is 0 Å². The van der Waals surface area contributed by atoms with Gasteiger partial charge >= 0.3 is 0 Å². The summed E-state index contributed by atoms with van der Waals surface area (Å²) < 4.78 is 0. The number of benzene rings is 1. The monoisotopic (exact) mass is 163 g/mol. The average molecular weight is 163 g/mol. The van der Waals surface area contributed by atoms with Crippen LogP contribution in [0.2, 0.25) is 0 Å². The molecule has 1 aromatic carbocycles. The van der Waals surface area contributed by atoms with E-state index >= 15 is 0 Å². The molecule has 1 aromatic rings. The van der Waals surface area contributed by atoms with Crippen molar-refractivity contribution < 1.29 is 0 Å². The van der Waals surface area contributed by atoms with E-state index in [4.69, 9.17) is 0 Å². The lowest BCUT2D eigenvalue weighted by atomic mass is 10.1. The average Bonchev–Trinajstić information content (AvgIpc) is 2.04. The number of aryl methyl sites for hydroxylation is 1. The fourth-order valence-electron chi connectivity index (χ4n) is 1.24. The van der Waals surface area contributed by atoms with Crippen molar-refractivity contribution in [3.63, 3.8) is 0 Å². The molecule has 1 heteroatoms. The van der Waals surface area contributed by atoms with Gasteiger partial charge in [0.05, 0.1) is 0 Å². The molecule has 0 saturated heterocycles. The number of anilines is 1. The second-order valence-corrected chi connectivity index (χ2v) is 3.49. The third kappa shape index (κ3) is 1.79. The van der Waals surface area contributed by atoms with E-state index in [0.29, 0.717) is 6.04 Å². The molecule has 0 spiro atoms. The summed E-state index contributed by atoms with van der Waals surface area (Å²) in [6, 6.07) is 9.03. The maximum Gasteiger partial charge on any atom is 0.0395 e. The number of nitrogens with zero attached hydrogens (tertiary/aromatic N) is 1. The van der Waals surface area contributed by atoms with Crippen LogP contribution in [0.3, 0.4) is 0 Å². The van der Waals surface area contributed by atoms with Crippen molar-refractivity contribution in [2.75, 3.05) is 11.9 Å². The molecule has 0 aliphatic rings. The smallest absolute Gasteiger partial charge is 0.0395 e. The zero-order valence-electron chi connectivity index (χ0n) is 8.33. The van der Waals surface area contributed by atoms with Crippen LogP contribution in [0.15, 0.2) is 24.3 Å². The molecule has 0 saturated carbocycles. The first-order valence-corrected chi connectivity index (χ1v) is 4.41. The molecule has 0 atom stereocenters. The van der Waals surface area contributed by atoms with Gasteiger partial charge in [-0.05, 0) is 32.4 Å². The van der Waals surface area contributed by atoms with Crippen LogP contribution in [0.5, 0.6) is 0 Å². The van der Waals surface area contributed by atoms with Gasteiger partial charge in [0.2, 0.25) is 0 Å². The lowest BCUT2D eigenvalue weighted by Gasteiger charge is -2.25. The molecule has 0 unspecified atom stereocenters. The Morgan fingerprint density at radius 3 is 2.25 bits per heavy atom. The van der Waals surface area contributed by atoms with Crippen molar-refractivity contribution in [2.45, 2.75) is 26.8 Å². The number of hydrogen-bond acceptors (Lipinski definition) is 1. The number of rotatable bonds is 2. The zero-order chi connectivity index (χ0) is 9.14. The Bertz CT molecular complexity index is 253. The highest BCUT2D eigenvalue weighted by Gasteiger charge is 2.05. The minimum absolute atomic E-state index is 0.561. The van der Waals surface area contributed by atoms with Crippen molar-refractivity contribution in [1.82, 2.24) is 0 Å². The van der Waals surface area contributed by atoms with Gasteiger partial charge in [-0.1, -0.05) is 18.2 Å². The standard InChI is InChI=1S/C11H17N/c1-9(2)12(4)11-8-6-5-7-10(11)3/h5-9H,1-4H3. The summed E-state index contributed by atoms with van der Waals surface area (Å²) in [5.74, 6) is 0. The fourth-order valence-corrected chi connectivity index (χ4v) is 1.24. The maximum absolute atomic E-state index is 2.29. The summed E-state index contributed by atoms with van der Waals surface area (Å²) >= 11 is 0. The molecule has 0 aliphatic heterocycles. The minimum Gasteiger partial charge on any atom is -0.372 e. The summed E-state index contributed by atoms with van der Waals surface area (Å²) in [5.41, 5.74) is 2.67. The van der Waals surface area contributed by atoms with E-state index < -0.39 is 0 Å². The zero-order valence-corrected chi connectivity index (χ0v) is 8.33. The van der Waals surface area contributed by atoms with Crippen LogP contribution in [0.1, 0.15) is 19.4 Å². The molecule has 0 bridgehead atoms. The van der Waals surface area contributed by atoms with E-state index in [0.717, 1.165) is 0 Å². The summed E-state index contributed by atoms with van der Waals surface area (Å²) in [5, 5.41) is 0. The van der Waals surface area contributed by atoms with Gasteiger partial charge in [-0.3, -0.25) is 0 Å². The largest absolute Gasteiger partial charge is 0.372 e. The molecule has 66 valence electrons. The van der Waals surface area contributed by atoms with E-state index in [1.54, 1.807) is 0 Å². The highest BCUT2D eigenvalue weighted by molar-refractivity contribution is 5.52. The molecule has 0 aromatic heterocycles. The molecule has 1 nitrogen and oxygen atoms in total. The Morgan fingerprint density at radius 2 is 1.75 bits per heavy atom. The Morgan fingerprint density at radius 1 is 1.17 bits per heavy atom. The van der Waals surface area contributed by atoms with Crippen LogP contribution >= 0.6 is 0 Å². The van der Waals surface area contributed by atoms with Gasteiger partial charge in [-0.25, -0.2) is 0 Å². The molecular formula is C11H17N. The highest BCUT2D eigenvalue weighted by Crippen LogP contribution is 2.19. The van der Waals surface area contributed by atoms with Crippen LogP contribution in [-0.2, 0) is 0 Å². The Labute approximate surface area is 75.0 Å². The van der Waals surface area contributed by atoms with Gasteiger partial charge in [0.1, 0.15) is 0 Å². The maximum atomic E-state index is 2.29. The van der Waals surface area contributed by atoms with Crippen LogP contribution in [-0.4, -0.2) is 13.1 Å². The van der Waals surface area contributed by atoms with Crippen molar-refractivity contribution in [3.05, 3.63) is 29.8 Å². The number of para-hydroxylation sites is 1. The summed E-state index contributed by atoms with van der Waals surface area (Å²) in [6.07, 6.45) is 0. The molecular weight excluding hydrogens is 146 g/mol. The van der Waals surface area contributed by atoms with Crippen LogP contribution in [0, 0.1) is 6.92 Å². The first-order chi connectivity index (χ1) is 5.63. The van der Waals surface area contributed by atoms with Crippen LogP contribution in [0.4, 0.5) is 5.69 Å². The minimum atomic E-state index is 0.561. The summed E-state index contributed by atoms with van der Waals surface area (Å²) in [7, 11) is 2.13. The molecule has 0 amide bonds. The highest BCUT2D eigenvalue weighted by atomic mass is 15.1. The summed E-state index contributed by atoms with van der Waals surface area (Å²) in [4.78, 5) is 2.29. The topological polar surface area (TPSA) is 3.24 Å². The van der Waals surface area contributed by atoms with E-state index in [2.05, 4.69) is 57.0 Å². The summed E-state index contributed by atoms with van der Waals surface area (Å²) in [6.45, 7) is 6.55. The molecule has 0 fully saturated rings. The third-order valence-corrected chi connectivity index (χ3v) is 2.27. The SMILES string of the molecule is Cc1ccccc1N(C)C(C)C. The predicted octanol–water partition coefficient (Wildman–Crippen LogP) is 2.84. The second kappa shape index (κ2) is 3.61. The van der Waals surface area contributed by atoms with E-state index in [1.165, 1.54) is 11.3 Å².